The first-order chi connectivity index (χ1) is 10.1. The quantitative estimate of drug-likeness (QED) is 0.802. The standard InChI is InChI=1S/C16H21NO3S/c1-13(2)6-9-20-15-5-3-4-14(12-15)16(18)17-7-10-21(19)11-8-17/h3-6,12H,7-11H2,1-2H3. The maximum atomic E-state index is 12.4. The number of rotatable bonds is 4. The van der Waals surface area contributed by atoms with Gasteiger partial charge in [0.1, 0.15) is 12.4 Å². The Morgan fingerprint density at radius 1 is 1.33 bits per heavy atom. The highest BCUT2D eigenvalue weighted by Gasteiger charge is 2.21. The number of carbonyl (C=O) groups excluding carboxylic acids is 1. The number of allylic oxidation sites excluding steroid dienone is 1. The molecule has 2 rings (SSSR count). The van der Waals surface area contributed by atoms with E-state index < -0.39 is 10.8 Å². The smallest absolute Gasteiger partial charge is 0.254 e. The van der Waals surface area contributed by atoms with E-state index in [4.69, 9.17) is 4.74 Å². The van der Waals surface area contributed by atoms with Gasteiger partial charge < -0.3 is 9.64 Å². The zero-order valence-corrected chi connectivity index (χ0v) is 13.3. The Bertz CT molecular complexity index is 554. The second-order valence-corrected chi connectivity index (χ2v) is 6.96. The van der Waals surface area contributed by atoms with Crippen molar-refractivity contribution in [3.63, 3.8) is 0 Å². The molecule has 1 amide bonds. The van der Waals surface area contributed by atoms with Crippen LogP contribution >= 0.6 is 0 Å². The van der Waals surface area contributed by atoms with E-state index in [0.29, 0.717) is 42.5 Å². The second-order valence-electron chi connectivity index (χ2n) is 5.26. The van der Waals surface area contributed by atoms with Crippen molar-refractivity contribution in [3.8, 4) is 5.75 Å². The molecule has 0 spiro atoms. The van der Waals surface area contributed by atoms with Gasteiger partial charge in [0.2, 0.25) is 0 Å². The third-order valence-corrected chi connectivity index (χ3v) is 4.56. The van der Waals surface area contributed by atoms with E-state index >= 15 is 0 Å². The molecule has 21 heavy (non-hydrogen) atoms. The summed E-state index contributed by atoms with van der Waals surface area (Å²) in [4.78, 5) is 14.2. The number of ether oxygens (including phenoxy) is 1. The van der Waals surface area contributed by atoms with Crippen molar-refractivity contribution in [2.24, 2.45) is 0 Å². The van der Waals surface area contributed by atoms with Crippen molar-refractivity contribution in [3.05, 3.63) is 41.5 Å². The molecule has 1 heterocycles. The number of benzene rings is 1. The van der Waals surface area contributed by atoms with Crippen LogP contribution in [-0.4, -0.2) is 46.2 Å². The van der Waals surface area contributed by atoms with Crippen LogP contribution in [0.5, 0.6) is 5.75 Å². The minimum atomic E-state index is -0.772. The van der Waals surface area contributed by atoms with Crippen LogP contribution in [0.2, 0.25) is 0 Å². The van der Waals surface area contributed by atoms with Crippen LogP contribution < -0.4 is 4.74 Å². The number of amides is 1. The van der Waals surface area contributed by atoms with Crippen LogP contribution in [0.1, 0.15) is 24.2 Å². The second kappa shape index (κ2) is 7.41. The molecule has 0 aliphatic carbocycles. The molecule has 1 aliphatic rings. The van der Waals surface area contributed by atoms with Crippen molar-refractivity contribution in [2.75, 3.05) is 31.2 Å². The summed E-state index contributed by atoms with van der Waals surface area (Å²) >= 11 is 0. The highest BCUT2D eigenvalue weighted by Crippen LogP contribution is 2.16. The van der Waals surface area contributed by atoms with Crippen molar-refractivity contribution < 1.29 is 13.7 Å². The highest BCUT2D eigenvalue weighted by atomic mass is 32.2. The van der Waals surface area contributed by atoms with Crippen LogP contribution in [0, 0.1) is 0 Å². The summed E-state index contributed by atoms with van der Waals surface area (Å²) in [5.74, 6) is 1.82. The Hall–Kier alpha value is -1.62. The lowest BCUT2D eigenvalue weighted by Gasteiger charge is -2.26. The third-order valence-electron chi connectivity index (χ3n) is 3.29. The number of carbonyl (C=O) groups is 1. The molecular weight excluding hydrogens is 286 g/mol. The molecule has 1 fully saturated rings. The summed E-state index contributed by atoms with van der Waals surface area (Å²) in [6.45, 7) is 5.67. The number of nitrogens with zero attached hydrogens (tertiary/aromatic N) is 1. The van der Waals surface area contributed by atoms with Crippen LogP contribution in [0.15, 0.2) is 35.9 Å². The summed E-state index contributed by atoms with van der Waals surface area (Å²) < 4.78 is 17.0. The molecule has 0 bridgehead atoms. The first-order valence-electron chi connectivity index (χ1n) is 7.07. The first-order valence-corrected chi connectivity index (χ1v) is 8.55. The van der Waals surface area contributed by atoms with Gasteiger partial charge in [-0.15, -0.1) is 0 Å². The summed E-state index contributed by atoms with van der Waals surface area (Å²) in [5, 5.41) is 0. The van der Waals surface area contributed by atoms with Crippen molar-refractivity contribution in [1.29, 1.82) is 0 Å². The fourth-order valence-corrected chi connectivity index (χ4v) is 3.10. The molecule has 1 saturated heterocycles. The zero-order valence-electron chi connectivity index (χ0n) is 12.5. The Labute approximate surface area is 128 Å². The lowest BCUT2D eigenvalue weighted by Crippen LogP contribution is -2.41. The summed E-state index contributed by atoms with van der Waals surface area (Å²) in [6, 6.07) is 7.24. The van der Waals surface area contributed by atoms with Crippen LogP contribution in [0.25, 0.3) is 0 Å². The topological polar surface area (TPSA) is 46.6 Å². The van der Waals surface area contributed by atoms with Crippen molar-refractivity contribution in [1.82, 2.24) is 4.90 Å². The van der Waals surface area contributed by atoms with E-state index in [1.54, 1.807) is 17.0 Å². The lowest BCUT2D eigenvalue weighted by atomic mass is 10.2. The third kappa shape index (κ3) is 4.70. The van der Waals surface area contributed by atoms with Gasteiger partial charge in [-0.3, -0.25) is 9.00 Å². The summed E-state index contributed by atoms with van der Waals surface area (Å²) in [5.41, 5.74) is 1.82. The van der Waals surface area contributed by atoms with E-state index in [1.807, 2.05) is 32.1 Å². The molecule has 0 atom stereocenters. The summed E-state index contributed by atoms with van der Waals surface area (Å²) in [7, 11) is -0.772. The Morgan fingerprint density at radius 3 is 2.71 bits per heavy atom. The molecule has 1 aromatic rings. The van der Waals surface area contributed by atoms with Gasteiger partial charge in [-0.2, -0.15) is 0 Å². The Morgan fingerprint density at radius 2 is 2.05 bits per heavy atom. The van der Waals surface area contributed by atoms with Gasteiger partial charge in [0.05, 0.1) is 0 Å². The van der Waals surface area contributed by atoms with Crippen molar-refractivity contribution >= 4 is 16.7 Å². The molecular formula is C16H21NO3S. The van der Waals surface area contributed by atoms with Gasteiger partial charge >= 0.3 is 0 Å². The van der Waals surface area contributed by atoms with Gasteiger partial charge in [0.25, 0.3) is 5.91 Å². The Balaban J connectivity index is 2.01. The minimum absolute atomic E-state index is 0.0145. The van der Waals surface area contributed by atoms with Crippen LogP contribution in [0.3, 0.4) is 0 Å². The van der Waals surface area contributed by atoms with Gasteiger partial charge in [0, 0.05) is 41.0 Å². The fraction of sp³-hybridized carbons (Fsp3) is 0.438. The van der Waals surface area contributed by atoms with Gasteiger partial charge in [-0.05, 0) is 38.1 Å². The summed E-state index contributed by atoms with van der Waals surface area (Å²) in [6.07, 6.45) is 1.99. The predicted octanol–water partition coefficient (Wildman–Crippen LogP) is 2.24. The molecule has 0 N–H and O–H groups in total. The number of hydrogen-bond acceptors (Lipinski definition) is 3. The first kappa shape index (κ1) is 15.8. The Kier molecular flexibility index (Phi) is 5.56. The molecule has 0 saturated carbocycles. The maximum absolute atomic E-state index is 12.4. The normalized spacial score (nSPS) is 15.6. The molecule has 114 valence electrons. The van der Waals surface area contributed by atoms with E-state index in [1.165, 1.54) is 5.57 Å². The highest BCUT2D eigenvalue weighted by molar-refractivity contribution is 7.85. The fourth-order valence-electron chi connectivity index (χ4n) is 2.05. The zero-order chi connectivity index (χ0) is 15.2. The average molecular weight is 307 g/mol. The molecule has 4 nitrogen and oxygen atoms in total. The lowest BCUT2D eigenvalue weighted by molar-refractivity contribution is 0.0771. The monoisotopic (exact) mass is 307 g/mol. The van der Waals surface area contributed by atoms with Crippen LogP contribution in [0.4, 0.5) is 0 Å². The molecule has 0 radical (unpaired) electrons. The molecule has 0 unspecified atom stereocenters. The minimum Gasteiger partial charge on any atom is -0.490 e. The molecule has 0 aromatic heterocycles. The van der Waals surface area contributed by atoms with Crippen LogP contribution in [-0.2, 0) is 10.8 Å². The molecule has 1 aliphatic heterocycles. The van der Waals surface area contributed by atoms with Gasteiger partial charge in [-0.1, -0.05) is 11.6 Å². The molecule has 1 aromatic carbocycles. The van der Waals surface area contributed by atoms with E-state index in [0.717, 1.165) is 0 Å². The predicted molar refractivity (Wildman–Crippen MR) is 85.1 cm³/mol. The van der Waals surface area contributed by atoms with Crippen molar-refractivity contribution in [2.45, 2.75) is 13.8 Å². The molecule has 5 heteroatoms. The number of hydrogen-bond donors (Lipinski definition) is 0. The maximum Gasteiger partial charge on any atom is 0.254 e. The van der Waals surface area contributed by atoms with E-state index in [2.05, 4.69) is 0 Å². The SMILES string of the molecule is CC(C)=CCOc1cccc(C(=O)N2CCS(=O)CC2)c1. The average Bonchev–Trinajstić information content (AvgIpc) is 2.47. The largest absolute Gasteiger partial charge is 0.490 e. The van der Waals surface area contributed by atoms with Gasteiger partial charge in [-0.25, -0.2) is 0 Å². The van der Waals surface area contributed by atoms with E-state index in [-0.39, 0.29) is 5.91 Å². The van der Waals surface area contributed by atoms with Gasteiger partial charge in [0.15, 0.2) is 0 Å². The van der Waals surface area contributed by atoms with E-state index in [9.17, 15) is 9.00 Å².